The minimum Gasteiger partial charge on any atom is -0.437 e. The number of furan rings is 1. The van der Waals surface area contributed by atoms with Gasteiger partial charge >= 0.3 is 0 Å². The molecule has 0 saturated heterocycles. The number of pyridine rings is 2. The van der Waals surface area contributed by atoms with E-state index in [0.717, 1.165) is 45.4 Å². The van der Waals surface area contributed by atoms with Gasteiger partial charge in [0.15, 0.2) is 0 Å². The van der Waals surface area contributed by atoms with Crippen molar-refractivity contribution in [3.8, 4) is 11.3 Å². The van der Waals surface area contributed by atoms with Crippen molar-refractivity contribution >= 4 is 32.8 Å². The normalized spacial score (nSPS) is 12.1. The molecule has 0 unspecified atom stereocenters. The first-order chi connectivity index (χ1) is 15.3. The Labute approximate surface area is 189 Å². The van der Waals surface area contributed by atoms with E-state index >= 15 is 0 Å². The summed E-state index contributed by atoms with van der Waals surface area (Å²) in [4.78, 5) is 9.80. The van der Waals surface area contributed by atoms with Crippen molar-refractivity contribution in [2.75, 3.05) is 0 Å². The number of fused-ring (bicyclic) bond motifs is 4. The fraction of sp³-hybridized carbons (Fsp3) is 0.310. The molecule has 0 aliphatic carbocycles. The largest absolute Gasteiger partial charge is 0.437 e. The third-order valence-corrected chi connectivity index (χ3v) is 6.13. The van der Waals surface area contributed by atoms with E-state index in [-0.39, 0.29) is 0 Å². The quantitative estimate of drug-likeness (QED) is 0.293. The Morgan fingerprint density at radius 2 is 1.59 bits per heavy atom. The standard InChI is InChI=1S/C29H30N2O/c1-16(2)11-20-8-10-22-21(14-20)15-26(17(3)4)31-27(22)25-13-18(5)12-24-23-9-7-19(6)30-29(23)32-28(24)25/h7-10,12-17H,11H2,1-6H3. The van der Waals surface area contributed by atoms with E-state index in [1.54, 1.807) is 0 Å². The summed E-state index contributed by atoms with van der Waals surface area (Å²) in [6, 6.07) is 17.6. The highest BCUT2D eigenvalue weighted by molar-refractivity contribution is 6.11. The second-order valence-electron chi connectivity index (χ2n) is 9.80. The molecule has 0 amide bonds. The summed E-state index contributed by atoms with van der Waals surface area (Å²) >= 11 is 0. The van der Waals surface area contributed by atoms with Crippen molar-refractivity contribution in [3.63, 3.8) is 0 Å². The van der Waals surface area contributed by atoms with Gasteiger partial charge in [-0.3, -0.25) is 4.98 Å². The second-order valence-corrected chi connectivity index (χ2v) is 9.80. The number of nitrogens with zero attached hydrogens (tertiary/aromatic N) is 2. The second kappa shape index (κ2) is 7.74. The van der Waals surface area contributed by atoms with Gasteiger partial charge in [-0.25, -0.2) is 4.98 Å². The summed E-state index contributed by atoms with van der Waals surface area (Å²) < 4.78 is 6.35. The third-order valence-electron chi connectivity index (χ3n) is 6.13. The van der Waals surface area contributed by atoms with Gasteiger partial charge in [0.1, 0.15) is 5.58 Å². The van der Waals surface area contributed by atoms with Crippen LogP contribution < -0.4 is 0 Å². The zero-order chi connectivity index (χ0) is 22.6. The molecule has 0 aliphatic heterocycles. The van der Waals surface area contributed by atoms with Gasteiger partial charge < -0.3 is 4.42 Å². The highest BCUT2D eigenvalue weighted by Crippen LogP contribution is 2.39. The SMILES string of the molecule is Cc1cc(-c2nc(C(C)C)cc3cc(CC(C)C)ccc23)c2oc3nc(C)ccc3c2c1. The number of aromatic nitrogens is 2. The van der Waals surface area contributed by atoms with E-state index in [1.807, 2.05) is 13.0 Å². The van der Waals surface area contributed by atoms with Crippen LogP contribution in [0.3, 0.4) is 0 Å². The first kappa shape index (κ1) is 20.7. The molecular weight excluding hydrogens is 392 g/mol. The molecule has 5 rings (SSSR count). The molecule has 0 spiro atoms. The summed E-state index contributed by atoms with van der Waals surface area (Å²) in [5, 5.41) is 4.57. The average molecular weight is 423 g/mol. The van der Waals surface area contributed by atoms with Gasteiger partial charge in [-0.2, -0.15) is 0 Å². The zero-order valence-corrected chi connectivity index (χ0v) is 19.8. The molecule has 0 radical (unpaired) electrons. The fourth-order valence-electron chi connectivity index (χ4n) is 4.60. The van der Waals surface area contributed by atoms with Crippen LogP contribution in [0.5, 0.6) is 0 Å². The number of benzene rings is 2. The predicted molar refractivity (Wildman–Crippen MR) is 134 cm³/mol. The predicted octanol–water partition coefficient (Wildman–Crippen LogP) is 8.13. The molecular formula is C29H30N2O. The maximum atomic E-state index is 6.35. The van der Waals surface area contributed by atoms with Gasteiger partial charge in [0.05, 0.1) is 5.69 Å². The Hall–Kier alpha value is -3.20. The van der Waals surface area contributed by atoms with E-state index in [1.165, 1.54) is 21.9 Å². The van der Waals surface area contributed by atoms with Crippen molar-refractivity contribution in [1.82, 2.24) is 9.97 Å². The van der Waals surface area contributed by atoms with Crippen molar-refractivity contribution in [2.24, 2.45) is 5.92 Å². The summed E-state index contributed by atoms with van der Waals surface area (Å²) in [7, 11) is 0. The Morgan fingerprint density at radius 3 is 2.34 bits per heavy atom. The maximum absolute atomic E-state index is 6.35. The smallest absolute Gasteiger partial charge is 0.227 e. The molecule has 0 saturated carbocycles. The summed E-state index contributed by atoms with van der Waals surface area (Å²) in [6.45, 7) is 13.1. The highest BCUT2D eigenvalue weighted by Gasteiger charge is 2.18. The molecule has 0 atom stereocenters. The van der Waals surface area contributed by atoms with Crippen molar-refractivity contribution in [3.05, 3.63) is 71.0 Å². The molecule has 5 aromatic rings. The minimum absolute atomic E-state index is 0.340. The average Bonchev–Trinajstić information content (AvgIpc) is 3.09. The molecule has 0 fully saturated rings. The van der Waals surface area contributed by atoms with Gasteiger partial charge in [-0.05, 0) is 78.9 Å². The van der Waals surface area contributed by atoms with Crippen LogP contribution in [0, 0.1) is 19.8 Å². The number of aryl methyl sites for hydroxylation is 2. The molecule has 2 aromatic carbocycles. The molecule has 3 nitrogen and oxygen atoms in total. The summed E-state index contributed by atoms with van der Waals surface area (Å²) in [5.74, 6) is 0.966. The maximum Gasteiger partial charge on any atom is 0.227 e. The zero-order valence-electron chi connectivity index (χ0n) is 19.8. The third kappa shape index (κ3) is 3.56. The van der Waals surface area contributed by atoms with E-state index in [9.17, 15) is 0 Å². The Morgan fingerprint density at radius 1 is 0.812 bits per heavy atom. The van der Waals surface area contributed by atoms with Crippen molar-refractivity contribution in [2.45, 2.75) is 53.9 Å². The Kier molecular flexibility index (Phi) is 5.00. The van der Waals surface area contributed by atoms with Gasteiger partial charge in [0, 0.05) is 33.1 Å². The number of rotatable bonds is 4. The van der Waals surface area contributed by atoms with Crippen LogP contribution in [0.25, 0.3) is 44.1 Å². The monoisotopic (exact) mass is 422 g/mol. The van der Waals surface area contributed by atoms with E-state index in [4.69, 9.17) is 9.40 Å². The lowest BCUT2D eigenvalue weighted by atomic mass is 9.94. The molecule has 0 aliphatic rings. The molecule has 0 bridgehead atoms. The van der Waals surface area contributed by atoms with Gasteiger partial charge in [0.2, 0.25) is 5.71 Å². The summed E-state index contributed by atoms with van der Waals surface area (Å²) in [5.41, 5.74) is 8.22. The van der Waals surface area contributed by atoms with Crippen LogP contribution in [0.1, 0.15) is 56.1 Å². The molecule has 162 valence electrons. The van der Waals surface area contributed by atoms with Crippen LogP contribution in [0.4, 0.5) is 0 Å². The van der Waals surface area contributed by atoms with Crippen molar-refractivity contribution < 1.29 is 4.42 Å². The lowest BCUT2D eigenvalue weighted by molar-refractivity contribution is 0.648. The molecule has 3 heteroatoms. The highest BCUT2D eigenvalue weighted by atomic mass is 16.3. The minimum atomic E-state index is 0.340. The van der Waals surface area contributed by atoms with Crippen molar-refractivity contribution in [1.29, 1.82) is 0 Å². The fourth-order valence-corrected chi connectivity index (χ4v) is 4.60. The van der Waals surface area contributed by atoms with Gasteiger partial charge in [0.25, 0.3) is 0 Å². The van der Waals surface area contributed by atoms with Crippen LogP contribution in [0.15, 0.2) is 52.9 Å². The molecule has 3 heterocycles. The van der Waals surface area contributed by atoms with Gasteiger partial charge in [-0.15, -0.1) is 0 Å². The van der Waals surface area contributed by atoms with Crippen LogP contribution in [-0.2, 0) is 6.42 Å². The molecule has 32 heavy (non-hydrogen) atoms. The van der Waals surface area contributed by atoms with E-state index in [2.05, 4.69) is 82.1 Å². The molecule has 0 N–H and O–H groups in total. The van der Waals surface area contributed by atoms with Crippen LogP contribution in [-0.4, -0.2) is 9.97 Å². The van der Waals surface area contributed by atoms with Gasteiger partial charge in [-0.1, -0.05) is 45.9 Å². The first-order valence-electron chi connectivity index (χ1n) is 11.5. The Balaban J connectivity index is 1.84. The Bertz CT molecular complexity index is 1470. The topological polar surface area (TPSA) is 38.9 Å². The van der Waals surface area contributed by atoms with E-state index < -0.39 is 0 Å². The molecule has 3 aromatic heterocycles. The number of hydrogen-bond acceptors (Lipinski definition) is 3. The van der Waals surface area contributed by atoms with Crippen LogP contribution in [0.2, 0.25) is 0 Å². The lowest BCUT2D eigenvalue weighted by Gasteiger charge is -2.14. The summed E-state index contributed by atoms with van der Waals surface area (Å²) in [6.07, 6.45) is 1.08. The first-order valence-corrected chi connectivity index (χ1v) is 11.5. The van der Waals surface area contributed by atoms with Crippen LogP contribution >= 0.6 is 0 Å². The lowest BCUT2D eigenvalue weighted by Crippen LogP contribution is -1.99. The number of hydrogen-bond donors (Lipinski definition) is 0. The van der Waals surface area contributed by atoms with E-state index in [0.29, 0.717) is 17.5 Å².